The van der Waals surface area contributed by atoms with E-state index in [1.807, 2.05) is 41.8 Å². The zero-order chi connectivity index (χ0) is 26.1. The maximum Gasteiger partial charge on any atom is 0.341 e. The van der Waals surface area contributed by atoms with Crippen LogP contribution in [0.25, 0.3) is 11.2 Å². The molecule has 0 spiro atoms. The minimum atomic E-state index is -3.35. The second-order valence-corrected chi connectivity index (χ2v) is 10.9. The van der Waals surface area contributed by atoms with Gasteiger partial charge in [-0.25, -0.2) is 20.0 Å². The molecule has 37 heavy (non-hydrogen) atoms. The Morgan fingerprint density at radius 1 is 1.08 bits per heavy atom. The lowest BCUT2D eigenvalue weighted by atomic mass is 10.1. The molecule has 4 rings (SSSR count). The molecule has 0 aliphatic carbocycles. The molecule has 2 aromatic carbocycles. The van der Waals surface area contributed by atoms with E-state index in [0.717, 1.165) is 5.56 Å². The Kier molecular flexibility index (Phi) is 9.24. The lowest BCUT2D eigenvalue weighted by Gasteiger charge is -2.23. The van der Waals surface area contributed by atoms with Gasteiger partial charge in [-0.15, -0.1) is 0 Å². The number of nitrogens with two attached hydrogens (primary N) is 1. The average molecular weight is 525 g/mol. The molecule has 0 saturated heterocycles. The van der Waals surface area contributed by atoms with Crippen LogP contribution < -0.4 is 15.3 Å². The van der Waals surface area contributed by atoms with Gasteiger partial charge in [0.15, 0.2) is 11.5 Å². The number of nitrogen functional groups attached to an aromatic ring is 1. The summed E-state index contributed by atoms with van der Waals surface area (Å²) in [6.07, 6.45) is 3.33. The maximum absolute atomic E-state index is 13.7. The Balaban J connectivity index is 1.30. The van der Waals surface area contributed by atoms with Crippen LogP contribution >= 0.6 is 7.52 Å². The molecule has 2 heterocycles. The highest BCUT2D eigenvalue weighted by Crippen LogP contribution is 2.43. The quantitative estimate of drug-likeness (QED) is 0.180. The summed E-state index contributed by atoms with van der Waals surface area (Å²) >= 11 is 0. The number of benzene rings is 2. The molecule has 2 atom stereocenters. The molecular weight excluding hydrogens is 491 g/mol. The van der Waals surface area contributed by atoms with Gasteiger partial charge in [-0.05, 0) is 43.5 Å². The van der Waals surface area contributed by atoms with Crippen LogP contribution in [0.15, 0.2) is 67.3 Å². The van der Waals surface area contributed by atoms with Gasteiger partial charge >= 0.3 is 7.52 Å². The summed E-state index contributed by atoms with van der Waals surface area (Å²) in [7, 11) is -3.35. The molecule has 11 heteroatoms. The number of hydrogen-bond donors (Lipinski definition) is 2. The molecule has 0 aliphatic heterocycles. The largest absolute Gasteiger partial charge is 0.431 e. The van der Waals surface area contributed by atoms with Crippen LogP contribution in [0.4, 0.5) is 5.82 Å². The Morgan fingerprint density at radius 3 is 2.68 bits per heavy atom. The number of aromatic nitrogens is 4. The highest BCUT2D eigenvalue weighted by Gasteiger charge is 2.26. The third kappa shape index (κ3) is 7.60. The van der Waals surface area contributed by atoms with Crippen LogP contribution in [0.5, 0.6) is 5.75 Å². The summed E-state index contributed by atoms with van der Waals surface area (Å²) in [6, 6.07) is 17.2. The molecule has 0 radical (unpaired) electrons. The van der Waals surface area contributed by atoms with Gasteiger partial charge in [-0.1, -0.05) is 42.5 Å². The number of anilines is 1. The van der Waals surface area contributed by atoms with Crippen LogP contribution in [0.1, 0.15) is 24.5 Å². The third-order valence-corrected chi connectivity index (χ3v) is 7.45. The minimum absolute atomic E-state index is 0.100. The number of nitrogens with one attached hydrogen (secondary N) is 1. The molecule has 0 aliphatic rings. The number of para-hydroxylation sites is 1. The Hall–Kier alpha value is -3.30. The molecule has 0 saturated carbocycles. The van der Waals surface area contributed by atoms with Crippen molar-refractivity contribution in [1.29, 1.82) is 0 Å². The number of nitrogens with zero attached hydrogens (tertiary/aromatic N) is 4. The summed E-state index contributed by atoms with van der Waals surface area (Å²) in [4.78, 5) is 12.5. The molecule has 10 nitrogen and oxygen atoms in total. The number of hydrogen-bond acceptors (Lipinski definition) is 8. The molecule has 0 fully saturated rings. The Morgan fingerprint density at radius 2 is 1.86 bits per heavy atom. The van der Waals surface area contributed by atoms with Gasteiger partial charge in [0.05, 0.1) is 25.6 Å². The normalized spacial score (nSPS) is 13.9. The number of rotatable bonds is 14. The van der Waals surface area contributed by atoms with Gasteiger partial charge in [-0.2, -0.15) is 0 Å². The van der Waals surface area contributed by atoms with E-state index in [4.69, 9.17) is 19.7 Å². The zero-order valence-electron chi connectivity index (χ0n) is 21.1. The van der Waals surface area contributed by atoms with E-state index in [9.17, 15) is 4.57 Å². The third-order valence-electron chi connectivity index (χ3n) is 5.75. The number of imidazole rings is 1. The Bertz CT molecular complexity index is 1330. The average Bonchev–Trinajstić information content (AvgIpc) is 3.30. The van der Waals surface area contributed by atoms with Crippen LogP contribution in [-0.2, 0) is 27.2 Å². The molecular formula is C26H33N6O4P. The first-order valence-corrected chi connectivity index (χ1v) is 14.0. The first kappa shape index (κ1) is 26.8. The van der Waals surface area contributed by atoms with Crippen molar-refractivity contribution in [1.82, 2.24) is 24.6 Å². The van der Waals surface area contributed by atoms with Crippen molar-refractivity contribution in [2.75, 3.05) is 25.2 Å². The standard InChI is InChI=1S/C26H33N6O4P/c1-20-9-6-7-10-22(20)16-34-14-8-13-31-37(33,36-23-11-4-3-5-12-23)19-35-21(2)15-32-18-30-24-25(27)28-17-29-26(24)32/h3-7,9-12,17-18,21H,8,13-16,19H2,1-2H3,(H,31,33)(H2,27,28,29)/t21-,37?/m1/s1. The molecule has 196 valence electrons. The highest BCUT2D eigenvalue weighted by atomic mass is 31.2. The molecule has 0 bridgehead atoms. The van der Waals surface area contributed by atoms with E-state index in [1.54, 1.807) is 18.5 Å². The van der Waals surface area contributed by atoms with Gasteiger partial charge in [0.25, 0.3) is 0 Å². The van der Waals surface area contributed by atoms with Crippen LogP contribution in [0, 0.1) is 6.92 Å². The van der Waals surface area contributed by atoms with E-state index in [-0.39, 0.29) is 12.5 Å². The van der Waals surface area contributed by atoms with Gasteiger partial charge in [-0.3, -0.25) is 4.57 Å². The monoisotopic (exact) mass is 524 g/mol. The van der Waals surface area contributed by atoms with Gasteiger partial charge in [0.1, 0.15) is 23.9 Å². The topological polar surface area (TPSA) is 126 Å². The van der Waals surface area contributed by atoms with Crippen LogP contribution in [0.3, 0.4) is 0 Å². The lowest BCUT2D eigenvalue weighted by Crippen LogP contribution is -2.24. The van der Waals surface area contributed by atoms with Crippen LogP contribution in [0.2, 0.25) is 0 Å². The smallest absolute Gasteiger partial charge is 0.341 e. The van der Waals surface area contributed by atoms with Crippen molar-refractivity contribution >= 4 is 24.5 Å². The minimum Gasteiger partial charge on any atom is -0.431 e. The van der Waals surface area contributed by atoms with Crippen molar-refractivity contribution in [3.8, 4) is 5.75 Å². The van der Waals surface area contributed by atoms with Crippen molar-refractivity contribution in [3.63, 3.8) is 0 Å². The van der Waals surface area contributed by atoms with Gasteiger partial charge in [0.2, 0.25) is 0 Å². The van der Waals surface area contributed by atoms with Crippen molar-refractivity contribution in [2.45, 2.75) is 39.5 Å². The molecule has 0 amide bonds. The lowest BCUT2D eigenvalue weighted by molar-refractivity contribution is 0.0819. The first-order chi connectivity index (χ1) is 17.9. The fourth-order valence-corrected chi connectivity index (χ4v) is 5.34. The molecule has 1 unspecified atom stereocenters. The Labute approximate surface area is 216 Å². The van der Waals surface area contributed by atoms with Gasteiger partial charge < -0.3 is 24.3 Å². The van der Waals surface area contributed by atoms with Crippen LogP contribution in [-0.4, -0.2) is 45.1 Å². The van der Waals surface area contributed by atoms with Gasteiger partial charge in [0, 0.05) is 13.2 Å². The number of fused-ring (bicyclic) bond motifs is 1. The van der Waals surface area contributed by atoms with E-state index >= 15 is 0 Å². The summed E-state index contributed by atoms with van der Waals surface area (Å²) < 4.78 is 33.2. The number of ether oxygens (including phenoxy) is 2. The second-order valence-electron chi connectivity index (χ2n) is 8.75. The highest BCUT2D eigenvalue weighted by molar-refractivity contribution is 7.57. The SMILES string of the molecule is Cc1ccccc1COCCCNP(=O)(CO[C@H](C)Cn1cnc2c(N)ncnc21)Oc1ccccc1. The number of aryl methyl sites for hydroxylation is 1. The second kappa shape index (κ2) is 12.8. The van der Waals surface area contributed by atoms with Crippen molar-refractivity contribution in [3.05, 3.63) is 78.4 Å². The summed E-state index contributed by atoms with van der Waals surface area (Å²) in [5.41, 5.74) is 9.40. The van der Waals surface area contributed by atoms with E-state index in [2.05, 4.69) is 39.1 Å². The van der Waals surface area contributed by atoms with E-state index < -0.39 is 7.52 Å². The maximum atomic E-state index is 13.7. The zero-order valence-corrected chi connectivity index (χ0v) is 22.0. The fraction of sp³-hybridized carbons (Fsp3) is 0.346. The predicted molar refractivity (Wildman–Crippen MR) is 143 cm³/mol. The predicted octanol–water partition coefficient (Wildman–Crippen LogP) is 4.55. The van der Waals surface area contributed by atoms with Crippen molar-refractivity contribution < 1.29 is 18.6 Å². The summed E-state index contributed by atoms with van der Waals surface area (Å²) in [5.74, 6) is 0.836. The summed E-state index contributed by atoms with van der Waals surface area (Å²) in [6.45, 7) is 5.94. The van der Waals surface area contributed by atoms with E-state index in [1.165, 1.54) is 11.9 Å². The van der Waals surface area contributed by atoms with E-state index in [0.29, 0.717) is 55.5 Å². The van der Waals surface area contributed by atoms with Crippen molar-refractivity contribution in [2.24, 2.45) is 0 Å². The fourth-order valence-electron chi connectivity index (χ4n) is 3.72. The summed E-state index contributed by atoms with van der Waals surface area (Å²) in [5, 5.41) is 3.08. The molecule has 3 N–H and O–H groups in total. The first-order valence-electron chi connectivity index (χ1n) is 12.2. The molecule has 4 aromatic rings. The molecule has 2 aromatic heterocycles.